The van der Waals surface area contributed by atoms with Crippen molar-refractivity contribution in [1.82, 2.24) is 15.2 Å². The molecule has 0 saturated carbocycles. The van der Waals surface area contributed by atoms with Gasteiger partial charge < -0.3 is 10.1 Å². The molecule has 1 N–H and O–H groups in total. The molecule has 0 spiro atoms. The number of rotatable bonds is 7. The minimum atomic E-state index is 0.803. The molecule has 112 valence electrons. The van der Waals surface area contributed by atoms with E-state index in [1.165, 1.54) is 37.2 Å². The highest BCUT2D eigenvalue weighted by Crippen LogP contribution is 2.18. The van der Waals surface area contributed by atoms with Crippen LogP contribution in [0.1, 0.15) is 24.1 Å². The molecule has 1 aromatic rings. The highest BCUT2D eigenvalue weighted by molar-refractivity contribution is 5.17. The summed E-state index contributed by atoms with van der Waals surface area (Å²) in [6.45, 7) is 8.41. The van der Waals surface area contributed by atoms with Crippen molar-refractivity contribution in [3.8, 4) is 0 Å². The SMILES string of the molecule is COCCNCC1CCN(Cc2ncccc2C)CC1. The van der Waals surface area contributed by atoms with Gasteiger partial charge in [0.1, 0.15) is 0 Å². The third-order valence-corrected chi connectivity index (χ3v) is 4.11. The lowest BCUT2D eigenvalue weighted by atomic mass is 9.96. The van der Waals surface area contributed by atoms with Gasteiger partial charge in [0.25, 0.3) is 0 Å². The van der Waals surface area contributed by atoms with E-state index in [4.69, 9.17) is 4.74 Å². The third kappa shape index (κ3) is 4.85. The zero-order valence-electron chi connectivity index (χ0n) is 12.8. The summed E-state index contributed by atoms with van der Waals surface area (Å²) in [5, 5.41) is 3.47. The number of aromatic nitrogens is 1. The van der Waals surface area contributed by atoms with Crippen molar-refractivity contribution in [2.45, 2.75) is 26.3 Å². The maximum atomic E-state index is 5.05. The van der Waals surface area contributed by atoms with Gasteiger partial charge in [-0.05, 0) is 56.9 Å². The van der Waals surface area contributed by atoms with E-state index < -0.39 is 0 Å². The quantitative estimate of drug-likeness (QED) is 0.772. The highest BCUT2D eigenvalue weighted by Gasteiger charge is 2.19. The predicted octanol–water partition coefficient (Wildman–Crippen LogP) is 1.84. The number of methoxy groups -OCH3 is 1. The Morgan fingerprint density at radius 1 is 1.40 bits per heavy atom. The van der Waals surface area contributed by atoms with Gasteiger partial charge in [0.05, 0.1) is 12.3 Å². The molecule has 20 heavy (non-hydrogen) atoms. The molecule has 1 fully saturated rings. The van der Waals surface area contributed by atoms with Crippen molar-refractivity contribution >= 4 is 0 Å². The van der Waals surface area contributed by atoms with Crippen molar-refractivity contribution in [3.63, 3.8) is 0 Å². The van der Waals surface area contributed by atoms with Gasteiger partial charge in [-0.2, -0.15) is 0 Å². The molecule has 4 heteroatoms. The average Bonchev–Trinajstić information content (AvgIpc) is 2.48. The molecule has 2 rings (SSSR count). The Balaban J connectivity index is 1.68. The van der Waals surface area contributed by atoms with E-state index in [0.29, 0.717) is 0 Å². The molecular weight excluding hydrogens is 250 g/mol. The molecule has 1 aromatic heterocycles. The van der Waals surface area contributed by atoms with Crippen LogP contribution in [0.5, 0.6) is 0 Å². The van der Waals surface area contributed by atoms with Crippen molar-refractivity contribution in [3.05, 3.63) is 29.6 Å². The molecule has 0 radical (unpaired) electrons. The van der Waals surface area contributed by atoms with Crippen LogP contribution in [0, 0.1) is 12.8 Å². The van der Waals surface area contributed by atoms with Crippen LogP contribution in [0.3, 0.4) is 0 Å². The molecule has 1 aliphatic heterocycles. The van der Waals surface area contributed by atoms with E-state index >= 15 is 0 Å². The predicted molar refractivity (Wildman–Crippen MR) is 81.7 cm³/mol. The van der Waals surface area contributed by atoms with E-state index in [-0.39, 0.29) is 0 Å². The summed E-state index contributed by atoms with van der Waals surface area (Å²) in [5.41, 5.74) is 2.53. The molecular formula is C16H27N3O. The lowest BCUT2D eigenvalue weighted by molar-refractivity contribution is 0.166. The fourth-order valence-electron chi connectivity index (χ4n) is 2.72. The maximum Gasteiger partial charge on any atom is 0.0587 e. The van der Waals surface area contributed by atoms with Crippen LogP contribution in [0.15, 0.2) is 18.3 Å². The lowest BCUT2D eigenvalue weighted by Crippen LogP contribution is -2.37. The number of ether oxygens (including phenoxy) is 1. The summed E-state index contributed by atoms with van der Waals surface area (Å²) in [6, 6.07) is 4.16. The first kappa shape index (κ1) is 15.4. The number of hydrogen-bond donors (Lipinski definition) is 1. The van der Waals surface area contributed by atoms with E-state index in [9.17, 15) is 0 Å². The first-order valence-electron chi connectivity index (χ1n) is 7.62. The smallest absolute Gasteiger partial charge is 0.0587 e. The number of nitrogens with one attached hydrogen (secondary N) is 1. The van der Waals surface area contributed by atoms with Crippen LogP contribution >= 0.6 is 0 Å². The lowest BCUT2D eigenvalue weighted by Gasteiger charge is -2.32. The van der Waals surface area contributed by atoms with Gasteiger partial charge in [-0.25, -0.2) is 0 Å². The van der Waals surface area contributed by atoms with Crippen LogP contribution in [-0.2, 0) is 11.3 Å². The number of pyridine rings is 1. The maximum absolute atomic E-state index is 5.05. The van der Waals surface area contributed by atoms with Crippen LogP contribution in [0.2, 0.25) is 0 Å². The molecule has 2 heterocycles. The molecule has 0 amide bonds. The van der Waals surface area contributed by atoms with Crippen LogP contribution in [-0.4, -0.2) is 49.8 Å². The minimum Gasteiger partial charge on any atom is -0.383 e. The Morgan fingerprint density at radius 2 is 2.20 bits per heavy atom. The average molecular weight is 277 g/mol. The van der Waals surface area contributed by atoms with Gasteiger partial charge in [0.15, 0.2) is 0 Å². The normalized spacial score (nSPS) is 17.5. The number of hydrogen-bond acceptors (Lipinski definition) is 4. The Bertz CT molecular complexity index is 389. The van der Waals surface area contributed by atoms with Crippen molar-refractivity contribution in [2.75, 3.05) is 39.9 Å². The first-order valence-corrected chi connectivity index (χ1v) is 7.62. The fourth-order valence-corrected chi connectivity index (χ4v) is 2.72. The molecule has 1 aliphatic rings. The van der Waals surface area contributed by atoms with Crippen LogP contribution < -0.4 is 5.32 Å². The van der Waals surface area contributed by atoms with E-state index in [0.717, 1.165) is 32.2 Å². The van der Waals surface area contributed by atoms with Crippen molar-refractivity contribution in [2.24, 2.45) is 5.92 Å². The molecule has 0 aliphatic carbocycles. The molecule has 0 atom stereocenters. The van der Waals surface area contributed by atoms with Gasteiger partial charge in [-0.15, -0.1) is 0 Å². The number of nitrogens with zero attached hydrogens (tertiary/aromatic N) is 2. The first-order chi connectivity index (χ1) is 9.79. The third-order valence-electron chi connectivity index (χ3n) is 4.11. The highest BCUT2D eigenvalue weighted by atomic mass is 16.5. The van der Waals surface area contributed by atoms with Gasteiger partial charge >= 0.3 is 0 Å². The standard InChI is InChI=1S/C16H27N3O/c1-14-4-3-7-18-16(14)13-19-9-5-15(6-10-19)12-17-8-11-20-2/h3-4,7,15,17H,5-6,8-13H2,1-2H3. The van der Waals surface area contributed by atoms with Crippen LogP contribution in [0.25, 0.3) is 0 Å². The number of piperidine rings is 1. The zero-order chi connectivity index (χ0) is 14.2. The van der Waals surface area contributed by atoms with Crippen LogP contribution in [0.4, 0.5) is 0 Å². The van der Waals surface area contributed by atoms with E-state index in [1.807, 2.05) is 12.3 Å². The molecule has 0 aromatic carbocycles. The van der Waals surface area contributed by atoms with Gasteiger partial charge in [0, 0.05) is 26.4 Å². The summed E-state index contributed by atoms with van der Waals surface area (Å²) < 4.78 is 5.05. The van der Waals surface area contributed by atoms with E-state index in [2.05, 4.69) is 28.2 Å². The summed E-state index contributed by atoms with van der Waals surface area (Å²) in [5.74, 6) is 0.813. The second-order valence-corrected chi connectivity index (χ2v) is 5.68. The largest absolute Gasteiger partial charge is 0.383 e. The Labute approximate surface area is 122 Å². The van der Waals surface area contributed by atoms with E-state index in [1.54, 1.807) is 7.11 Å². The topological polar surface area (TPSA) is 37.4 Å². The second kappa shape index (κ2) is 8.35. The summed E-state index contributed by atoms with van der Waals surface area (Å²) in [4.78, 5) is 7.02. The molecule has 0 unspecified atom stereocenters. The monoisotopic (exact) mass is 277 g/mol. The fraction of sp³-hybridized carbons (Fsp3) is 0.688. The van der Waals surface area contributed by atoms with Gasteiger partial charge in [-0.3, -0.25) is 9.88 Å². The number of likely N-dealkylation sites (tertiary alicyclic amines) is 1. The minimum absolute atomic E-state index is 0.803. The Hall–Kier alpha value is -0.970. The summed E-state index contributed by atoms with van der Waals surface area (Å²) in [7, 11) is 1.75. The molecule has 0 bridgehead atoms. The Morgan fingerprint density at radius 3 is 2.90 bits per heavy atom. The number of aryl methyl sites for hydroxylation is 1. The zero-order valence-corrected chi connectivity index (χ0v) is 12.8. The van der Waals surface area contributed by atoms with Gasteiger partial charge in [0.2, 0.25) is 0 Å². The second-order valence-electron chi connectivity index (χ2n) is 5.68. The molecule has 4 nitrogen and oxygen atoms in total. The molecule has 1 saturated heterocycles. The van der Waals surface area contributed by atoms with Crippen molar-refractivity contribution in [1.29, 1.82) is 0 Å². The Kier molecular flexibility index (Phi) is 6.43. The van der Waals surface area contributed by atoms with Gasteiger partial charge in [-0.1, -0.05) is 6.07 Å². The van der Waals surface area contributed by atoms with Crippen molar-refractivity contribution < 1.29 is 4.74 Å². The summed E-state index contributed by atoms with van der Waals surface area (Å²) in [6.07, 6.45) is 4.46. The summed E-state index contributed by atoms with van der Waals surface area (Å²) >= 11 is 0.